The number of aryl methyl sites for hydroxylation is 1. The Labute approximate surface area is 296 Å². The summed E-state index contributed by atoms with van der Waals surface area (Å²) in [5.41, 5.74) is 1.92. The topological polar surface area (TPSA) is 121 Å². The van der Waals surface area contributed by atoms with Crippen LogP contribution < -0.4 is 4.74 Å². The van der Waals surface area contributed by atoms with E-state index in [9.17, 15) is 19.2 Å². The second-order valence-electron chi connectivity index (χ2n) is 13.7. The number of rotatable bonds is 16. The van der Waals surface area contributed by atoms with Gasteiger partial charge < -0.3 is 24.3 Å². The first-order valence-electron chi connectivity index (χ1n) is 17.6. The Balaban J connectivity index is 1.52. The van der Waals surface area contributed by atoms with Crippen LogP contribution in [0, 0.1) is 5.92 Å². The third kappa shape index (κ3) is 9.48. The molecule has 0 saturated carbocycles. The lowest BCUT2D eigenvalue weighted by Gasteiger charge is -2.37. The maximum atomic E-state index is 14.4. The fourth-order valence-corrected chi connectivity index (χ4v) is 6.35. The minimum Gasteiger partial charge on any atom is -0.486 e. The zero-order chi connectivity index (χ0) is 36.4. The van der Waals surface area contributed by atoms with Gasteiger partial charge in [0.1, 0.15) is 36.2 Å². The van der Waals surface area contributed by atoms with Gasteiger partial charge in [0.15, 0.2) is 0 Å². The van der Waals surface area contributed by atoms with E-state index in [0.717, 1.165) is 24.9 Å². The molecule has 3 atom stereocenters. The average molecular weight is 688 g/mol. The van der Waals surface area contributed by atoms with Crippen molar-refractivity contribution in [3.63, 3.8) is 0 Å². The Morgan fingerprint density at radius 1 is 0.940 bits per heavy atom. The minimum absolute atomic E-state index is 0.0911. The van der Waals surface area contributed by atoms with E-state index >= 15 is 0 Å². The molecule has 0 bridgehead atoms. The van der Waals surface area contributed by atoms with Crippen molar-refractivity contribution in [1.29, 1.82) is 0 Å². The van der Waals surface area contributed by atoms with Gasteiger partial charge in [0, 0.05) is 47.7 Å². The predicted octanol–water partition coefficient (Wildman–Crippen LogP) is 4.29. The third-order valence-corrected chi connectivity index (χ3v) is 9.22. The lowest BCUT2D eigenvalue weighted by Crippen LogP contribution is -2.57. The molecule has 4 rings (SSSR count). The highest BCUT2D eigenvalue weighted by Crippen LogP contribution is 2.27. The molecule has 0 unspecified atom stereocenters. The number of para-hydroxylation sites is 1. The van der Waals surface area contributed by atoms with Crippen molar-refractivity contribution in [2.75, 3.05) is 34.7 Å². The van der Waals surface area contributed by atoms with Gasteiger partial charge in [-0.15, -0.1) is 5.10 Å². The van der Waals surface area contributed by atoms with Crippen LogP contribution in [-0.4, -0.2) is 111 Å². The maximum Gasteiger partial charge on any atom is 0.258 e. The highest BCUT2D eigenvalue weighted by atomic mass is 16.5. The molecule has 12 nitrogen and oxygen atoms in total. The zero-order valence-electron chi connectivity index (χ0n) is 30.6. The highest BCUT2D eigenvalue weighted by Gasteiger charge is 2.42. The van der Waals surface area contributed by atoms with E-state index < -0.39 is 18.1 Å². The largest absolute Gasteiger partial charge is 0.486 e. The van der Waals surface area contributed by atoms with Crippen LogP contribution in [0.5, 0.6) is 5.75 Å². The molecule has 1 saturated heterocycles. The fourth-order valence-electron chi connectivity index (χ4n) is 6.35. The number of amides is 4. The molecule has 1 aromatic heterocycles. The van der Waals surface area contributed by atoms with E-state index in [-0.39, 0.29) is 36.2 Å². The van der Waals surface area contributed by atoms with Crippen LogP contribution in [0.1, 0.15) is 74.5 Å². The Bertz CT molecular complexity index is 1590. The van der Waals surface area contributed by atoms with Crippen molar-refractivity contribution in [2.24, 2.45) is 5.92 Å². The second-order valence-corrected chi connectivity index (χ2v) is 13.7. The van der Waals surface area contributed by atoms with Gasteiger partial charge in [0.05, 0.1) is 11.8 Å². The number of ether oxygens (including phenoxy) is 1. The molecule has 1 aliphatic rings. The van der Waals surface area contributed by atoms with E-state index in [2.05, 4.69) is 17.2 Å². The number of benzene rings is 2. The summed E-state index contributed by atoms with van der Waals surface area (Å²) in [6.07, 6.45) is 5.78. The first-order valence-corrected chi connectivity index (χ1v) is 17.6. The van der Waals surface area contributed by atoms with Crippen LogP contribution >= 0.6 is 0 Å². The molecule has 0 spiro atoms. The average Bonchev–Trinajstić information content (AvgIpc) is 3.80. The molecule has 12 heteroatoms. The molecule has 3 aromatic rings. The molecule has 270 valence electrons. The number of carbonyl (C=O) groups is 4. The Morgan fingerprint density at radius 2 is 1.64 bits per heavy atom. The van der Waals surface area contributed by atoms with E-state index in [0.29, 0.717) is 49.2 Å². The molecule has 2 heterocycles. The fraction of sp³-hybridized carbons (Fsp3) is 0.526. The smallest absolute Gasteiger partial charge is 0.258 e. The third-order valence-electron chi connectivity index (χ3n) is 9.22. The summed E-state index contributed by atoms with van der Waals surface area (Å²) >= 11 is 0. The van der Waals surface area contributed by atoms with Gasteiger partial charge in [0.25, 0.3) is 5.91 Å². The van der Waals surface area contributed by atoms with Crippen molar-refractivity contribution in [2.45, 2.75) is 90.6 Å². The Hall–Kier alpha value is -4.74. The van der Waals surface area contributed by atoms with Crippen LogP contribution in [0.4, 0.5) is 0 Å². The van der Waals surface area contributed by atoms with Crippen molar-refractivity contribution in [3.8, 4) is 5.75 Å². The standard InChI is InChI=1S/C38H53N7O5/c1-8-9-21-44-25-29(39-40-44)26-50-34-20-14-13-18-30(34)35(46)42(6)32(23-27(2)3)38(49)45-22-15-19-31(45)37(48)43(7)33(36(47)41(4)5)24-28-16-11-10-12-17-28/h10-14,16-18,20,25,27,31-33H,8-9,15,19,21-24,26H2,1-7H3/t31-,32-,33+/m1/s1. The summed E-state index contributed by atoms with van der Waals surface area (Å²) in [6.45, 7) is 7.43. The van der Waals surface area contributed by atoms with E-state index in [1.807, 2.05) is 50.4 Å². The van der Waals surface area contributed by atoms with Gasteiger partial charge in [-0.05, 0) is 49.3 Å². The molecule has 0 radical (unpaired) electrons. The molecule has 4 amide bonds. The summed E-state index contributed by atoms with van der Waals surface area (Å²) in [5.74, 6) is -0.632. The first-order chi connectivity index (χ1) is 23.9. The van der Waals surface area contributed by atoms with Gasteiger partial charge >= 0.3 is 0 Å². The van der Waals surface area contributed by atoms with E-state index in [4.69, 9.17) is 4.74 Å². The van der Waals surface area contributed by atoms with Crippen molar-refractivity contribution >= 4 is 23.6 Å². The predicted molar refractivity (Wildman–Crippen MR) is 191 cm³/mol. The first kappa shape index (κ1) is 38.1. The SMILES string of the molecule is CCCCn1cc(COc2ccccc2C(=O)N(C)[C@H](CC(C)C)C(=O)N2CCC[C@@H]2C(=O)N(C)[C@@H](Cc2ccccc2)C(=O)N(C)C)nn1. The van der Waals surface area contributed by atoms with Crippen molar-refractivity contribution in [3.05, 3.63) is 77.6 Å². The molecule has 0 aliphatic carbocycles. The molecule has 50 heavy (non-hydrogen) atoms. The number of hydrogen-bond donors (Lipinski definition) is 0. The summed E-state index contributed by atoms with van der Waals surface area (Å²) < 4.78 is 7.85. The molecule has 1 fully saturated rings. The quantitative estimate of drug-likeness (QED) is 0.220. The molecule has 0 N–H and O–H groups in total. The second kappa shape index (κ2) is 17.8. The highest BCUT2D eigenvalue weighted by molar-refractivity contribution is 6.00. The maximum absolute atomic E-state index is 14.4. The van der Waals surface area contributed by atoms with Crippen LogP contribution in [0.15, 0.2) is 60.8 Å². The van der Waals surface area contributed by atoms with Gasteiger partial charge in [-0.1, -0.05) is 74.9 Å². The number of aromatic nitrogens is 3. The molecule has 2 aromatic carbocycles. The number of likely N-dealkylation sites (tertiary alicyclic amines) is 1. The van der Waals surface area contributed by atoms with Crippen LogP contribution in [0.25, 0.3) is 0 Å². The lowest BCUT2D eigenvalue weighted by atomic mass is 9.99. The Kier molecular flexibility index (Phi) is 13.5. The van der Waals surface area contributed by atoms with Crippen LogP contribution in [-0.2, 0) is 34.0 Å². The molecule has 1 aliphatic heterocycles. The van der Waals surface area contributed by atoms with E-state index in [1.54, 1.807) is 62.0 Å². The summed E-state index contributed by atoms with van der Waals surface area (Å²) in [4.78, 5) is 62.0. The van der Waals surface area contributed by atoms with Crippen molar-refractivity contribution in [1.82, 2.24) is 34.6 Å². The number of nitrogens with zero attached hydrogens (tertiary/aromatic N) is 7. The van der Waals surface area contributed by atoms with Crippen LogP contribution in [0.2, 0.25) is 0 Å². The molecular formula is C38H53N7O5. The normalized spacial score (nSPS) is 15.4. The van der Waals surface area contributed by atoms with Gasteiger partial charge in [-0.25, -0.2) is 0 Å². The number of carbonyl (C=O) groups excluding carboxylic acids is 4. The van der Waals surface area contributed by atoms with Gasteiger partial charge in [-0.3, -0.25) is 23.9 Å². The van der Waals surface area contributed by atoms with E-state index in [1.165, 1.54) is 14.7 Å². The van der Waals surface area contributed by atoms with Gasteiger partial charge in [0.2, 0.25) is 17.7 Å². The lowest BCUT2D eigenvalue weighted by molar-refractivity contribution is -0.150. The zero-order valence-corrected chi connectivity index (χ0v) is 30.6. The van der Waals surface area contributed by atoms with Gasteiger partial charge in [-0.2, -0.15) is 0 Å². The Morgan fingerprint density at radius 3 is 2.32 bits per heavy atom. The number of hydrogen-bond acceptors (Lipinski definition) is 7. The summed E-state index contributed by atoms with van der Waals surface area (Å²) in [7, 11) is 6.63. The monoisotopic (exact) mass is 687 g/mol. The van der Waals surface area contributed by atoms with Crippen molar-refractivity contribution < 1.29 is 23.9 Å². The van der Waals surface area contributed by atoms with Crippen LogP contribution in [0.3, 0.4) is 0 Å². The number of likely N-dealkylation sites (N-methyl/N-ethyl adjacent to an activating group) is 3. The minimum atomic E-state index is -0.809. The summed E-state index contributed by atoms with van der Waals surface area (Å²) in [5, 5.41) is 8.35. The summed E-state index contributed by atoms with van der Waals surface area (Å²) in [6, 6.07) is 14.3. The molecular weight excluding hydrogens is 634 g/mol. The number of unbranched alkanes of at least 4 members (excludes halogenated alkanes) is 1.